The third kappa shape index (κ3) is 5.91. The van der Waals surface area contributed by atoms with Gasteiger partial charge in [0.15, 0.2) is 0 Å². The number of benzene rings is 2. The average molecular weight is 496 g/mol. The lowest BCUT2D eigenvalue weighted by Crippen LogP contribution is -2.30. The van der Waals surface area contributed by atoms with Crippen LogP contribution in [0.1, 0.15) is 42.6 Å². The topological polar surface area (TPSA) is 122 Å². The van der Waals surface area contributed by atoms with Crippen LogP contribution in [0.5, 0.6) is 5.75 Å². The van der Waals surface area contributed by atoms with Gasteiger partial charge >= 0.3 is 0 Å². The van der Waals surface area contributed by atoms with Crippen LogP contribution in [0.25, 0.3) is 0 Å². The maximum Gasteiger partial charge on any atom is 0.251 e. The van der Waals surface area contributed by atoms with Crippen molar-refractivity contribution in [2.24, 2.45) is 0 Å². The summed E-state index contributed by atoms with van der Waals surface area (Å²) in [6.45, 7) is 4.41. The molecule has 0 saturated carbocycles. The summed E-state index contributed by atoms with van der Waals surface area (Å²) in [6.07, 6.45) is 1.59. The molecule has 1 fully saturated rings. The van der Waals surface area contributed by atoms with Gasteiger partial charge in [-0.2, -0.15) is 4.31 Å². The summed E-state index contributed by atoms with van der Waals surface area (Å²) in [5, 5.41) is 2.72. The monoisotopic (exact) mass is 495 g/mol. The molecule has 11 heteroatoms. The van der Waals surface area contributed by atoms with E-state index in [4.69, 9.17) is 4.74 Å². The van der Waals surface area contributed by atoms with E-state index >= 15 is 0 Å². The normalized spacial score (nSPS) is 15.0. The standard InChI is InChI=1S/C22H29N3O6S2/c1-16(2)24-32(27,28)19-8-6-7-17(13-19)15-23-22(26)18-9-10-20(31-3)21(14-18)33(29,30)25-11-4-5-12-25/h6-10,13-14,16,24H,4-5,11-12,15H2,1-3H3,(H,23,26). The summed E-state index contributed by atoms with van der Waals surface area (Å²) in [5.74, 6) is -0.307. The molecule has 1 saturated heterocycles. The van der Waals surface area contributed by atoms with Crippen LogP contribution in [-0.4, -0.2) is 53.3 Å². The largest absolute Gasteiger partial charge is 0.495 e. The molecule has 0 spiro atoms. The molecular weight excluding hydrogens is 466 g/mol. The van der Waals surface area contributed by atoms with E-state index in [1.807, 2.05) is 0 Å². The molecule has 0 radical (unpaired) electrons. The molecule has 180 valence electrons. The van der Waals surface area contributed by atoms with Gasteiger partial charge < -0.3 is 10.1 Å². The van der Waals surface area contributed by atoms with Gasteiger partial charge in [-0.3, -0.25) is 4.79 Å². The molecule has 0 aromatic heterocycles. The van der Waals surface area contributed by atoms with Gasteiger partial charge in [0.1, 0.15) is 10.6 Å². The van der Waals surface area contributed by atoms with Crippen LogP contribution >= 0.6 is 0 Å². The van der Waals surface area contributed by atoms with Gasteiger partial charge in [-0.05, 0) is 62.6 Å². The quantitative estimate of drug-likeness (QED) is 0.549. The lowest BCUT2D eigenvalue weighted by atomic mass is 10.2. The summed E-state index contributed by atoms with van der Waals surface area (Å²) >= 11 is 0. The second-order valence-corrected chi connectivity index (χ2v) is 11.7. The number of hydrogen-bond donors (Lipinski definition) is 2. The van der Waals surface area contributed by atoms with E-state index in [0.29, 0.717) is 18.7 Å². The van der Waals surface area contributed by atoms with Crippen molar-refractivity contribution < 1.29 is 26.4 Å². The molecule has 33 heavy (non-hydrogen) atoms. The van der Waals surface area contributed by atoms with Gasteiger partial charge in [-0.25, -0.2) is 21.6 Å². The lowest BCUT2D eigenvalue weighted by Gasteiger charge is -2.18. The maximum atomic E-state index is 13.0. The van der Waals surface area contributed by atoms with Gasteiger partial charge in [-0.15, -0.1) is 0 Å². The molecule has 9 nitrogen and oxygen atoms in total. The van der Waals surface area contributed by atoms with Crippen LogP contribution in [0.3, 0.4) is 0 Å². The van der Waals surface area contributed by atoms with E-state index in [1.165, 1.54) is 41.7 Å². The van der Waals surface area contributed by atoms with Crippen LogP contribution < -0.4 is 14.8 Å². The van der Waals surface area contributed by atoms with Crippen LogP contribution in [0, 0.1) is 0 Å². The maximum absolute atomic E-state index is 13.0. The van der Waals surface area contributed by atoms with Crippen molar-refractivity contribution in [1.29, 1.82) is 0 Å². The van der Waals surface area contributed by atoms with Crippen molar-refractivity contribution >= 4 is 26.0 Å². The predicted molar refractivity (Wildman–Crippen MR) is 124 cm³/mol. The number of amides is 1. The molecule has 0 atom stereocenters. The van der Waals surface area contributed by atoms with Crippen molar-refractivity contribution in [2.45, 2.75) is 49.1 Å². The van der Waals surface area contributed by atoms with Crippen molar-refractivity contribution in [1.82, 2.24) is 14.3 Å². The molecule has 1 heterocycles. The van der Waals surface area contributed by atoms with Gasteiger partial charge in [0, 0.05) is 31.2 Å². The first-order chi connectivity index (χ1) is 15.5. The Morgan fingerprint density at radius 2 is 1.76 bits per heavy atom. The van der Waals surface area contributed by atoms with Crippen molar-refractivity contribution in [2.75, 3.05) is 20.2 Å². The van der Waals surface area contributed by atoms with Crippen LogP contribution in [0.15, 0.2) is 52.3 Å². The fourth-order valence-electron chi connectivity index (χ4n) is 3.57. The summed E-state index contributed by atoms with van der Waals surface area (Å²) in [6, 6.07) is 10.3. The number of hydrogen-bond acceptors (Lipinski definition) is 6. The predicted octanol–water partition coefficient (Wildman–Crippen LogP) is 2.10. The van der Waals surface area contributed by atoms with Gasteiger partial charge in [0.2, 0.25) is 20.0 Å². The summed E-state index contributed by atoms with van der Waals surface area (Å²) in [4.78, 5) is 12.8. The average Bonchev–Trinajstić information content (AvgIpc) is 3.32. The Balaban J connectivity index is 1.78. The minimum absolute atomic E-state index is 0.0487. The summed E-state index contributed by atoms with van der Waals surface area (Å²) in [7, 11) is -6.06. The molecule has 2 N–H and O–H groups in total. The van der Waals surface area contributed by atoms with Gasteiger partial charge in [0.25, 0.3) is 5.91 Å². The fraction of sp³-hybridized carbons (Fsp3) is 0.409. The second-order valence-electron chi connectivity index (χ2n) is 8.08. The van der Waals surface area contributed by atoms with Crippen LogP contribution in [-0.2, 0) is 26.6 Å². The van der Waals surface area contributed by atoms with Gasteiger partial charge in [-0.1, -0.05) is 12.1 Å². The zero-order valence-electron chi connectivity index (χ0n) is 18.9. The zero-order chi connectivity index (χ0) is 24.2. The highest BCUT2D eigenvalue weighted by molar-refractivity contribution is 7.89. The number of carbonyl (C=O) groups is 1. The minimum Gasteiger partial charge on any atom is -0.495 e. The van der Waals surface area contributed by atoms with Crippen LogP contribution in [0.4, 0.5) is 0 Å². The molecule has 0 bridgehead atoms. The highest BCUT2D eigenvalue weighted by Crippen LogP contribution is 2.30. The van der Waals surface area contributed by atoms with E-state index in [-0.39, 0.29) is 33.7 Å². The molecule has 1 aliphatic rings. The third-order valence-corrected chi connectivity index (χ3v) is 8.74. The third-order valence-electron chi connectivity index (χ3n) is 5.16. The lowest BCUT2D eigenvalue weighted by molar-refractivity contribution is 0.0950. The Labute approximate surface area is 195 Å². The van der Waals surface area contributed by atoms with E-state index < -0.39 is 26.0 Å². The molecule has 0 aliphatic carbocycles. The van der Waals surface area contributed by atoms with E-state index in [0.717, 1.165) is 12.8 Å². The Kier molecular flexibility index (Phi) is 7.78. The first-order valence-electron chi connectivity index (χ1n) is 10.6. The molecule has 1 amide bonds. The second kappa shape index (κ2) is 10.2. The molecule has 0 unspecified atom stereocenters. The van der Waals surface area contributed by atoms with E-state index in [2.05, 4.69) is 10.0 Å². The van der Waals surface area contributed by atoms with E-state index in [1.54, 1.807) is 26.0 Å². The molecule has 2 aromatic rings. The Hall–Kier alpha value is -2.47. The summed E-state index contributed by atoms with van der Waals surface area (Å²) in [5.41, 5.74) is 0.757. The molecule has 3 rings (SSSR count). The van der Waals surface area contributed by atoms with Gasteiger partial charge in [0.05, 0.1) is 12.0 Å². The molecule has 2 aromatic carbocycles. The van der Waals surface area contributed by atoms with Crippen LogP contribution in [0.2, 0.25) is 0 Å². The zero-order valence-corrected chi connectivity index (χ0v) is 20.5. The number of ether oxygens (including phenoxy) is 1. The molecular formula is C22H29N3O6S2. The fourth-order valence-corrected chi connectivity index (χ4v) is 6.59. The number of rotatable bonds is 9. The Morgan fingerprint density at radius 3 is 2.39 bits per heavy atom. The van der Waals surface area contributed by atoms with Crippen molar-refractivity contribution in [3.63, 3.8) is 0 Å². The minimum atomic E-state index is -3.78. The smallest absolute Gasteiger partial charge is 0.251 e. The highest BCUT2D eigenvalue weighted by atomic mass is 32.2. The SMILES string of the molecule is COc1ccc(C(=O)NCc2cccc(S(=O)(=O)NC(C)C)c2)cc1S(=O)(=O)N1CCCC1. The number of methoxy groups -OCH3 is 1. The first kappa shape index (κ1) is 25.2. The number of carbonyl (C=O) groups excluding carboxylic acids is 1. The molecule has 1 aliphatic heterocycles. The van der Waals surface area contributed by atoms with Crippen molar-refractivity contribution in [3.05, 3.63) is 53.6 Å². The Bertz CT molecular complexity index is 1220. The Morgan fingerprint density at radius 1 is 1.06 bits per heavy atom. The highest BCUT2D eigenvalue weighted by Gasteiger charge is 2.30. The first-order valence-corrected chi connectivity index (χ1v) is 13.5. The number of nitrogens with one attached hydrogen (secondary N) is 2. The van der Waals surface area contributed by atoms with Crippen molar-refractivity contribution in [3.8, 4) is 5.75 Å². The van der Waals surface area contributed by atoms with E-state index in [9.17, 15) is 21.6 Å². The number of sulfonamides is 2. The summed E-state index contributed by atoms with van der Waals surface area (Å²) < 4.78 is 60.0. The number of nitrogens with zero attached hydrogens (tertiary/aromatic N) is 1.